The van der Waals surface area contributed by atoms with E-state index in [-0.39, 0.29) is 0 Å². The van der Waals surface area contributed by atoms with Crippen LogP contribution in [0, 0.1) is 19.8 Å². The highest BCUT2D eigenvalue weighted by Gasteiger charge is 2.40. The van der Waals surface area contributed by atoms with Crippen LogP contribution in [0.2, 0.25) is 0 Å². The number of benzene rings is 1. The first-order chi connectivity index (χ1) is 9.19. The van der Waals surface area contributed by atoms with Crippen molar-refractivity contribution in [2.75, 3.05) is 18.5 Å². The monoisotopic (exact) mass is 258 g/mol. The van der Waals surface area contributed by atoms with Crippen LogP contribution >= 0.6 is 0 Å². The van der Waals surface area contributed by atoms with Crippen LogP contribution in [0.25, 0.3) is 0 Å². The topological polar surface area (TPSA) is 15.3 Å². The van der Waals surface area contributed by atoms with Crippen LogP contribution in [-0.4, -0.2) is 25.7 Å². The third-order valence-electron chi connectivity index (χ3n) is 4.95. The lowest BCUT2D eigenvalue weighted by Crippen LogP contribution is -2.45. The number of fused-ring (bicyclic) bond motifs is 2. The average Bonchev–Trinajstić information content (AvgIpc) is 2.63. The molecular formula is C17H26N2. The summed E-state index contributed by atoms with van der Waals surface area (Å²) in [5.41, 5.74) is 4.31. The van der Waals surface area contributed by atoms with Crippen molar-refractivity contribution < 1.29 is 0 Å². The Labute approximate surface area is 117 Å². The Balaban J connectivity index is 1.83. The molecule has 2 fully saturated rings. The van der Waals surface area contributed by atoms with Gasteiger partial charge in [-0.1, -0.05) is 17.7 Å². The summed E-state index contributed by atoms with van der Waals surface area (Å²) in [5.74, 6) is 0.879. The summed E-state index contributed by atoms with van der Waals surface area (Å²) < 4.78 is 0. The maximum atomic E-state index is 3.36. The molecule has 3 rings (SSSR count). The Hall–Kier alpha value is -1.02. The molecule has 0 aliphatic carbocycles. The molecule has 2 atom stereocenters. The van der Waals surface area contributed by atoms with E-state index in [1.54, 1.807) is 0 Å². The minimum absolute atomic E-state index is 0.776. The van der Waals surface area contributed by atoms with Gasteiger partial charge >= 0.3 is 0 Å². The van der Waals surface area contributed by atoms with E-state index in [4.69, 9.17) is 0 Å². The van der Waals surface area contributed by atoms with Crippen LogP contribution in [0.15, 0.2) is 18.2 Å². The molecule has 2 unspecified atom stereocenters. The van der Waals surface area contributed by atoms with Gasteiger partial charge in [0.05, 0.1) is 0 Å². The lowest BCUT2D eigenvalue weighted by atomic mass is 9.89. The molecule has 1 aromatic rings. The molecule has 2 aliphatic rings. The van der Waals surface area contributed by atoms with Gasteiger partial charge in [0.1, 0.15) is 0 Å². The molecule has 0 aromatic heterocycles. The Kier molecular flexibility index (Phi) is 3.53. The number of aryl methyl sites for hydroxylation is 2. The number of nitrogens with zero attached hydrogens (tertiary/aromatic N) is 1. The standard InChI is InChI=1S/C17H26N2/c1-12-4-7-17(13(2)8-12)19-15-5-6-16(19)10-14(9-15)11-18-3/h4,7-8,14-16,18H,5-6,9-11H2,1-3H3. The van der Waals surface area contributed by atoms with E-state index in [1.807, 2.05) is 0 Å². The molecule has 1 N–H and O–H groups in total. The predicted octanol–water partition coefficient (Wildman–Crippen LogP) is 3.27. The van der Waals surface area contributed by atoms with E-state index in [1.165, 1.54) is 49.0 Å². The summed E-state index contributed by atoms with van der Waals surface area (Å²) in [4.78, 5) is 2.74. The van der Waals surface area contributed by atoms with Crippen LogP contribution in [0.5, 0.6) is 0 Å². The first kappa shape index (κ1) is 13.0. The maximum absolute atomic E-state index is 3.36. The summed E-state index contributed by atoms with van der Waals surface area (Å²) >= 11 is 0. The highest BCUT2D eigenvalue weighted by atomic mass is 15.2. The van der Waals surface area contributed by atoms with Gasteiger partial charge in [0, 0.05) is 17.8 Å². The van der Waals surface area contributed by atoms with Crippen LogP contribution in [-0.2, 0) is 0 Å². The van der Waals surface area contributed by atoms with E-state index in [0.717, 1.165) is 18.0 Å². The lowest BCUT2D eigenvalue weighted by Gasteiger charge is -2.41. The molecule has 2 aliphatic heterocycles. The number of rotatable bonds is 3. The second-order valence-electron chi connectivity index (χ2n) is 6.48. The fraction of sp³-hybridized carbons (Fsp3) is 0.647. The number of nitrogens with one attached hydrogen (secondary N) is 1. The molecule has 2 nitrogen and oxygen atoms in total. The summed E-state index contributed by atoms with van der Waals surface area (Å²) in [6.07, 6.45) is 5.51. The third-order valence-corrected chi connectivity index (χ3v) is 4.95. The number of anilines is 1. The molecular weight excluding hydrogens is 232 g/mol. The second-order valence-corrected chi connectivity index (χ2v) is 6.48. The van der Waals surface area contributed by atoms with Crippen LogP contribution in [0.4, 0.5) is 5.69 Å². The van der Waals surface area contributed by atoms with Gasteiger partial charge in [-0.3, -0.25) is 0 Å². The van der Waals surface area contributed by atoms with Gasteiger partial charge in [0.15, 0.2) is 0 Å². The van der Waals surface area contributed by atoms with Gasteiger partial charge in [0.2, 0.25) is 0 Å². The van der Waals surface area contributed by atoms with Crippen molar-refractivity contribution in [1.29, 1.82) is 0 Å². The molecule has 0 amide bonds. The molecule has 0 spiro atoms. The van der Waals surface area contributed by atoms with Gasteiger partial charge in [0.25, 0.3) is 0 Å². The first-order valence-electron chi connectivity index (χ1n) is 7.69. The van der Waals surface area contributed by atoms with E-state index < -0.39 is 0 Å². The molecule has 0 radical (unpaired) electrons. The van der Waals surface area contributed by atoms with Gasteiger partial charge in [-0.25, -0.2) is 0 Å². The Morgan fingerprint density at radius 1 is 1.16 bits per heavy atom. The smallest absolute Gasteiger partial charge is 0.0401 e. The molecule has 19 heavy (non-hydrogen) atoms. The zero-order chi connectivity index (χ0) is 13.4. The van der Waals surface area contributed by atoms with Crippen molar-refractivity contribution in [2.24, 2.45) is 5.92 Å². The zero-order valence-electron chi connectivity index (χ0n) is 12.4. The minimum Gasteiger partial charge on any atom is -0.365 e. The molecule has 2 heteroatoms. The van der Waals surface area contributed by atoms with Crippen molar-refractivity contribution >= 4 is 5.69 Å². The SMILES string of the molecule is CNCC1CC2CCC(C1)N2c1ccc(C)cc1C. The van der Waals surface area contributed by atoms with Gasteiger partial charge in [-0.15, -0.1) is 0 Å². The quantitative estimate of drug-likeness (QED) is 0.895. The zero-order valence-corrected chi connectivity index (χ0v) is 12.4. The molecule has 2 bridgehead atoms. The molecule has 2 saturated heterocycles. The molecule has 1 aromatic carbocycles. The van der Waals surface area contributed by atoms with Crippen LogP contribution < -0.4 is 10.2 Å². The van der Waals surface area contributed by atoms with Gasteiger partial charge in [-0.05, 0) is 70.7 Å². The maximum Gasteiger partial charge on any atom is 0.0401 e. The van der Waals surface area contributed by atoms with Gasteiger partial charge in [-0.2, -0.15) is 0 Å². The Bertz CT molecular complexity index is 441. The largest absolute Gasteiger partial charge is 0.365 e. The molecule has 104 valence electrons. The number of hydrogen-bond donors (Lipinski definition) is 1. The van der Waals surface area contributed by atoms with Gasteiger partial charge < -0.3 is 10.2 Å². The second kappa shape index (κ2) is 5.16. The number of hydrogen-bond acceptors (Lipinski definition) is 2. The predicted molar refractivity (Wildman–Crippen MR) is 81.9 cm³/mol. The summed E-state index contributed by atoms with van der Waals surface area (Å²) in [6, 6.07) is 8.49. The average molecular weight is 258 g/mol. The van der Waals surface area contributed by atoms with Crippen LogP contribution in [0.3, 0.4) is 0 Å². The van der Waals surface area contributed by atoms with Crippen LogP contribution in [0.1, 0.15) is 36.8 Å². The van der Waals surface area contributed by atoms with Crippen molar-refractivity contribution in [2.45, 2.75) is 51.6 Å². The van der Waals surface area contributed by atoms with E-state index in [9.17, 15) is 0 Å². The summed E-state index contributed by atoms with van der Waals surface area (Å²) in [5, 5.41) is 3.36. The molecule has 0 saturated carbocycles. The summed E-state index contributed by atoms with van der Waals surface area (Å²) in [7, 11) is 2.08. The normalized spacial score (nSPS) is 29.8. The van der Waals surface area contributed by atoms with Crippen molar-refractivity contribution in [1.82, 2.24) is 5.32 Å². The van der Waals surface area contributed by atoms with Crippen molar-refractivity contribution in [3.8, 4) is 0 Å². The van der Waals surface area contributed by atoms with E-state index in [0.29, 0.717) is 0 Å². The Morgan fingerprint density at radius 2 is 1.84 bits per heavy atom. The van der Waals surface area contributed by atoms with E-state index >= 15 is 0 Å². The highest BCUT2D eigenvalue weighted by Crippen LogP contribution is 2.42. The molecule has 2 heterocycles. The van der Waals surface area contributed by atoms with E-state index in [2.05, 4.69) is 49.3 Å². The fourth-order valence-electron chi connectivity index (χ4n) is 4.23. The highest BCUT2D eigenvalue weighted by molar-refractivity contribution is 5.57. The van der Waals surface area contributed by atoms with Crippen molar-refractivity contribution in [3.63, 3.8) is 0 Å². The minimum atomic E-state index is 0.776. The Morgan fingerprint density at radius 3 is 2.42 bits per heavy atom. The third kappa shape index (κ3) is 2.38. The number of piperidine rings is 1. The lowest BCUT2D eigenvalue weighted by molar-refractivity contribution is 0.332. The first-order valence-corrected chi connectivity index (χ1v) is 7.69. The fourth-order valence-corrected chi connectivity index (χ4v) is 4.23. The van der Waals surface area contributed by atoms with Crippen molar-refractivity contribution in [3.05, 3.63) is 29.3 Å². The summed E-state index contributed by atoms with van der Waals surface area (Å²) in [6.45, 7) is 5.64.